The SMILES string of the molecule is CCc1nc2ccc(C3CCC(NC)CC3)cc2[nH]1. The van der Waals surface area contributed by atoms with Crippen LogP contribution in [-0.2, 0) is 6.42 Å². The highest BCUT2D eigenvalue weighted by molar-refractivity contribution is 5.76. The molecule has 1 saturated carbocycles. The Morgan fingerprint density at radius 2 is 2.05 bits per heavy atom. The standard InChI is InChI=1S/C16H23N3/c1-3-16-18-14-9-6-12(10-15(14)19-16)11-4-7-13(17-2)8-5-11/h6,9-11,13,17H,3-5,7-8H2,1-2H3,(H,18,19). The first kappa shape index (κ1) is 12.7. The van der Waals surface area contributed by atoms with Gasteiger partial charge in [-0.05, 0) is 56.3 Å². The van der Waals surface area contributed by atoms with Crippen molar-refractivity contribution < 1.29 is 0 Å². The lowest BCUT2D eigenvalue weighted by Crippen LogP contribution is -2.29. The van der Waals surface area contributed by atoms with Gasteiger partial charge in [0.25, 0.3) is 0 Å². The Hall–Kier alpha value is -1.35. The lowest BCUT2D eigenvalue weighted by molar-refractivity contribution is 0.359. The highest BCUT2D eigenvalue weighted by Gasteiger charge is 2.21. The molecule has 1 heterocycles. The van der Waals surface area contributed by atoms with E-state index in [1.807, 2.05) is 0 Å². The van der Waals surface area contributed by atoms with E-state index < -0.39 is 0 Å². The molecule has 1 aromatic heterocycles. The molecule has 1 aliphatic rings. The number of hydrogen-bond donors (Lipinski definition) is 2. The van der Waals surface area contributed by atoms with E-state index in [9.17, 15) is 0 Å². The second-order valence-electron chi connectivity index (χ2n) is 5.65. The number of aromatic nitrogens is 2. The van der Waals surface area contributed by atoms with Gasteiger partial charge in [0.15, 0.2) is 0 Å². The number of benzene rings is 1. The normalized spacial score (nSPS) is 23.9. The van der Waals surface area contributed by atoms with Gasteiger partial charge < -0.3 is 10.3 Å². The number of aromatic amines is 1. The molecule has 2 N–H and O–H groups in total. The molecule has 3 nitrogen and oxygen atoms in total. The Kier molecular flexibility index (Phi) is 3.56. The third-order valence-corrected chi connectivity index (χ3v) is 4.50. The molecule has 1 aromatic carbocycles. The molecule has 0 bridgehead atoms. The Labute approximate surface area is 114 Å². The van der Waals surface area contributed by atoms with Crippen LogP contribution in [0.15, 0.2) is 18.2 Å². The third-order valence-electron chi connectivity index (χ3n) is 4.50. The van der Waals surface area contributed by atoms with Crippen LogP contribution < -0.4 is 5.32 Å². The molecule has 19 heavy (non-hydrogen) atoms. The summed E-state index contributed by atoms with van der Waals surface area (Å²) in [5, 5.41) is 3.40. The molecule has 0 spiro atoms. The van der Waals surface area contributed by atoms with Gasteiger partial charge in [-0.15, -0.1) is 0 Å². The van der Waals surface area contributed by atoms with E-state index in [0.29, 0.717) is 0 Å². The van der Waals surface area contributed by atoms with Crippen LogP contribution in [0, 0.1) is 0 Å². The van der Waals surface area contributed by atoms with E-state index in [0.717, 1.165) is 29.7 Å². The summed E-state index contributed by atoms with van der Waals surface area (Å²) in [4.78, 5) is 8.00. The predicted molar refractivity (Wildman–Crippen MR) is 79.5 cm³/mol. The molecule has 0 saturated heterocycles. The molecule has 0 unspecified atom stereocenters. The number of aryl methyl sites for hydroxylation is 1. The van der Waals surface area contributed by atoms with Gasteiger partial charge in [0, 0.05) is 12.5 Å². The van der Waals surface area contributed by atoms with Crippen molar-refractivity contribution in [3.63, 3.8) is 0 Å². The van der Waals surface area contributed by atoms with Crippen LogP contribution in [0.3, 0.4) is 0 Å². The molecule has 1 aliphatic carbocycles. The van der Waals surface area contributed by atoms with Gasteiger partial charge in [-0.2, -0.15) is 0 Å². The monoisotopic (exact) mass is 257 g/mol. The summed E-state index contributed by atoms with van der Waals surface area (Å²) in [6, 6.07) is 7.47. The average Bonchev–Trinajstić information content (AvgIpc) is 2.89. The van der Waals surface area contributed by atoms with Crippen LogP contribution in [0.25, 0.3) is 11.0 Å². The molecular formula is C16H23N3. The maximum absolute atomic E-state index is 4.58. The molecular weight excluding hydrogens is 234 g/mol. The summed E-state index contributed by atoms with van der Waals surface area (Å²) in [6.07, 6.45) is 6.15. The van der Waals surface area contributed by atoms with Crippen molar-refractivity contribution in [1.82, 2.24) is 15.3 Å². The van der Waals surface area contributed by atoms with Crippen molar-refractivity contribution in [3.05, 3.63) is 29.6 Å². The summed E-state index contributed by atoms with van der Waals surface area (Å²) in [7, 11) is 2.08. The number of rotatable bonds is 3. The zero-order valence-electron chi connectivity index (χ0n) is 11.9. The maximum atomic E-state index is 4.58. The lowest BCUT2D eigenvalue weighted by atomic mass is 9.82. The molecule has 0 radical (unpaired) electrons. The van der Waals surface area contributed by atoms with Gasteiger partial charge >= 0.3 is 0 Å². The van der Waals surface area contributed by atoms with Crippen molar-refractivity contribution >= 4 is 11.0 Å². The predicted octanol–water partition coefficient (Wildman–Crippen LogP) is 3.37. The Morgan fingerprint density at radius 1 is 1.26 bits per heavy atom. The Bertz CT molecular complexity index is 550. The summed E-state index contributed by atoms with van der Waals surface area (Å²) < 4.78 is 0. The molecule has 0 aliphatic heterocycles. The van der Waals surface area contributed by atoms with E-state index >= 15 is 0 Å². The average molecular weight is 257 g/mol. The molecule has 102 valence electrons. The fourth-order valence-corrected chi connectivity index (χ4v) is 3.22. The molecule has 1 fully saturated rings. The summed E-state index contributed by atoms with van der Waals surface area (Å²) >= 11 is 0. The number of hydrogen-bond acceptors (Lipinski definition) is 2. The Balaban J connectivity index is 1.81. The first-order valence-corrected chi connectivity index (χ1v) is 7.46. The number of fused-ring (bicyclic) bond motifs is 1. The first-order valence-electron chi connectivity index (χ1n) is 7.46. The van der Waals surface area contributed by atoms with E-state index in [2.05, 4.69) is 47.5 Å². The molecule has 2 aromatic rings. The minimum absolute atomic E-state index is 0.721. The smallest absolute Gasteiger partial charge is 0.106 e. The zero-order chi connectivity index (χ0) is 13.2. The fourth-order valence-electron chi connectivity index (χ4n) is 3.22. The van der Waals surface area contributed by atoms with Gasteiger partial charge in [-0.1, -0.05) is 13.0 Å². The summed E-state index contributed by atoms with van der Waals surface area (Å²) in [5.41, 5.74) is 3.78. The van der Waals surface area contributed by atoms with E-state index in [1.165, 1.54) is 36.8 Å². The van der Waals surface area contributed by atoms with E-state index in [1.54, 1.807) is 0 Å². The van der Waals surface area contributed by atoms with Crippen molar-refractivity contribution in [2.45, 2.75) is 51.0 Å². The van der Waals surface area contributed by atoms with Crippen LogP contribution in [0.1, 0.15) is 49.9 Å². The molecule has 3 rings (SSSR count). The third kappa shape index (κ3) is 2.52. The minimum Gasteiger partial charge on any atom is -0.342 e. The quantitative estimate of drug-likeness (QED) is 0.885. The number of imidazole rings is 1. The topological polar surface area (TPSA) is 40.7 Å². The van der Waals surface area contributed by atoms with Crippen molar-refractivity contribution in [2.75, 3.05) is 7.05 Å². The summed E-state index contributed by atoms with van der Waals surface area (Å²) in [6.45, 7) is 2.14. The largest absolute Gasteiger partial charge is 0.342 e. The number of nitrogens with zero attached hydrogens (tertiary/aromatic N) is 1. The van der Waals surface area contributed by atoms with Crippen molar-refractivity contribution in [3.8, 4) is 0 Å². The first-order chi connectivity index (χ1) is 9.30. The van der Waals surface area contributed by atoms with E-state index in [-0.39, 0.29) is 0 Å². The van der Waals surface area contributed by atoms with Gasteiger partial charge in [0.2, 0.25) is 0 Å². The molecule has 3 heteroatoms. The van der Waals surface area contributed by atoms with Crippen LogP contribution in [0.2, 0.25) is 0 Å². The van der Waals surface area contributed by atoms with E-state index in [4.69, 9.17) is 0 Å². The van der Waals surface area contributed by atoms with Gasteiger partial charge in [0.1, 0.15) is 5.82 Å². The van der Waals surface area contributed by atoms with Gasteiger partial charge in [-0.3, -0.25) is 0 Å². The highest BCUT2D eigenvalue weighted by Crippen LogP contribution is 2.33. The number of nitrogens with one attached hydrogen (secondary N) is 2. The van der Waals surface area contributed by atoms with Crippen LogP contribution >= 0.6 is 0 Å². The summed E-state index contributed by atoms with van der Waals surface area (Å²) in [5.74, 6) is 1.81. The fraction of sp³-hybridized carbons (Fsp3) is 0.562. The van der Waals surface area contributed by atoms with Gasteiger partial charge in [-0.25, -0.2) is 4.98 Å². The number of H-pyrrole nitrogens is 1. The van der Waals surface area contributed by atoms with Crippen LogP contribution in [-0.4, -0.2) is 23.1 Å². The van der Waals surface area contributed by atoms with Crippen molar-refractivity contribution in [1.29, 1.82) is 0 Å². The molecule has 0 amide bonds. The second-order valence-corrected chi connectivity index (χ2v) is 5.65. The second kappa shape index (κ2) is 5.33. The molecule has 0 atom stereocenters. The zero-order valence-corrected chi connectivity index (χ0v) is 11.9. The lowest BCUT2D eigenvalue weighted by Gasteiger charge is -2.28. The highest BCUT2D eigenvalue weighted by atomic mass is 14.9. The minimum atomic E-state index is 0.721. The van der Waals surface area contributed by atoms with Crippen molar-refractivity contribution in [2.24, 2.45) is 0 Å². The van der Waals surface area contributed by atoms with Crippen LogP contribution in [0.4, 0.5) is 0 Å². The van der Waals surface area contributed by atoms with Gasteiger partial charge in [0.05, 0.1) is 11.0 Å². The Morgan fingerprint density at radius 3 is 2.74 bits per heavy atom. The van der Waals surface area contributed by atoms with Crippen LogP contribution in [0.5, 0.6) is 0 Å². The maximum Gasteiger partial charge on any atom is 0.106 e.